The van der Waals surface area contributed by atoms with Crippen molar-refractivity contribution in [2.75, 3.05) is 26.7 Å². The molecule has 2 rings (SSSR count). The molecule has 1 unspecified atom stereocenters. The van der Waals surface area contributed by atoms with Gasteiger partial charge in [0.15, 0.2) is 5.88 Å². The number of ether oxygens (including phenoxy) is 1. The Morgan fingerprint density at radius 2 is 2.05 bits per heavy atom. The highest BCUT2D eigenvalue weighted by Gasteiger charge is 2.23. The first kappa shape index (κ1) is 14.9. The number of likely N-dealkylation sites (N-methyl/N-ethyl adjacent to an activating group) is 1. The van der Waals surface area contributed by atoms with Crippen molar-refractivity contribution < 1.29 is 4.74 Å². The minimum Gasteiger partial charge on any atom is -0.474 e. The van der Waals surface area contributed by atoms with Crippen LogP contribution in [-0.2, 0) is 11.3 Å². The molecule has 0 saturated carbocycles. The van der Waals surface area contributed by atoms with Gasteiger partial charge in [-0.3, -0.25) is 0 Å². The van der Waals surface area contributed by atoms with Gasteiger partial charge in [0, 0.05) is 25.7 Å². The molecule has 1 aromatic carbocycles. The molecule has 110 valence electrons. The van der Waals surface area contributed by atoms with Gasteiger partial charge in [-0.15, -0.1) is 0 Å². The van der Waals surface area contributed by atoms with Gasteiger partial charge in [-0.1, -0.05) is 37.3 Å². The first-order valence-electron chi connectivity index (χ1n) is 7.52. The molecule has 0 bridgehead atoms. The molecular formula is C17H26N2O. The molecule has 1 aromatic rings. The van der Waals surface area contributed by atoms with Crippen LogP contribution in [0.15, 0.2) is 42.3 Å². The monoisotopic (exact) mass is 274 g/mol. The summed E-state index contributed by atoms with van der Waals surface area (Å²) in [6.45, 7) is 8.30. The van der Waals surface area contributed by atoms with Gasteiger partial charge in [0.05, 0.1) is 0 Å². The summed E-state index contributed by atoms with van der Waals surface area (Å²) < 4.78 is 6.08. The Kier molecular flexibility index (Phi) is 5.48. The minimum absolute atomic E-state index is 0.502. The predicted molar refractivity (Wildman–Crippen MR) is 83.3 cm³/mol. The number of nitrogens with zero attached hydrogens (tertiary/aromatic N) is 2. The minimum atomic E-state index is 0.502. The van der Waals surface area contributed by atoms with Gasteiger partial charge in [-0.2, -0.15) is 0 Å². The van der Waals surface area contributed by atoms with Crippen LogP contribution in [0.5, 0.6) is 0 Å². The second-order valence-electron chi connectivity index (χ2n) is 5.53. The van der Waals surface area contributed by atoms with Crippen molar-refractivity contribution in [1.82, 2.24) is 9.80 Å². The zero-order valence-corrected chi connectivity index (χ0v) is 12.9. The Balaban J connectivity index is 1.99. The van der Waals surface area contributed by atoms with Crippen molar-refractivity contribution >= 4 is 0 Å². The summed E-state index contributed by atoms with van der Waals surface area (Å²) in [5.74, 6) is 1.04. The quantitative estimate of drug-likeness (QED) is 0.767. The van der Waals surface area contributed by atoms with E-state index in [1.807, 2.05) is 6.07 Å². The maximum Gasteiger partial charge on any atom is 0.185 e. The third kappa shape index (κ3) is 4.01. The van der Waals surface area contributed by atoms with Crippen LogP contribution >= 0.6 is 0 Å². The second-order valence-corrected chi connectivity index (χ2v) is 5.53. The van der Waals surface area contributed by atoms with E-state index in [0.29, 0.717) is 12.6 Å². The van der Waals surface area contributed by atoms with E-state index >= 15 is 0 Å². The highest BCUT2D eigenvalue weighted by molar-refractivity contribution is 5.14. The molecule has 0 N–H and O–H groups in total. The molecule has 1 saturated heterocycles. The van der Waals surface area contributed by atoms with Crippen LogP contribution in [0.3, 0.4) is 0 Å². The largest absolute Gasteiger partial charge is 0.474 e. The summed E-state index contributed by atoms with van der Waals surface area (Å²) >= 11 is 0. The number of rotatable bonds is 5. The molecule has 0 aliphatic carbocycles. The van der Waals surface area contributed by atoms with E-state index in [4.69, 9.17) is 4.74 Å². The van der Waals surface area contributed by atoms with Crippen LogP contribution in [0.2, 0.25) is 0 Å². The van der Waals surface area contributed by atoms with Crippen LogP contribution in [0.4, 0.5) is 0 Å². The summed E-state index contributed by atoms with van der Waals surface area (Å²) in [6, 6.07) is 10.9. The summed E-state index contributed by atoms with van der Waals surface area (Å²) in [4.78, 5) is 4.77. The van der Waals surface area contributed by atoms with Gasteiger partial charge in [-0.05, 0) is 32.0 Å². The molecule has 1 aliphatic heterocycles. The molecule has 3 heteroatoms. The zero-order chi connectivity index (χ0) is 14.4. The lowest BCUT2D eigenvalue weighted by molar-refractivity contribution is 0.0397. The van der Waals surface area contributed by atoms with E-state index in [1.54, 1.807) is 0 Å². The van der Waals surface area contributed by atoms with E-state index in [0.717, 1.165) is 31.9 Å². The highest BCUT2D eigenvalue weighted by atomic mass is 16.5. The average molecular weight is 274 g/mol. The van der Waals surface area contributed by atoms with Gasteiger partial charge in [-0.25, -0.2) is 0 Å². The van der Waals surface area contributed by atoms with Crippen LogP contribution in [0.1, 0.15) is 25.8 Å². The van der Waals surface area contributed by atoms with Crippen LogP contribution in [-0.4, -0.2) is 42.5 Å². The average Bonchev–Trinajstić information content (AvgIpc) is 2.45. The van der Waals surface area contributed by atoms with Crippen LogP contribution in [0.25, 0.3) is 0 Å². The molecule has 1 fully saturated rings. The van der Waals surface area contributed by atoms with Gasteiger partial charge < -0.3 is 14.5 Å². The third-order valence-corrected chi connectivity index (χ3v) is 3.72. The smallest absolute Gasteiger partial charge is 0.185 e. The maximum atomic E-state index is 6.08. The Bertz CT molecular complexity index is 430. The third-order valence-electron chi connectivity index (χ3n) is 3.72. The maximum absolute atomic E-state index is 6.08. The normalized spacial score (nSPS) is 21.1. The van der Waals surface area contributed by atoms with Crippen LogP contribution < -0.4 is 0 Å². The van der Waals surface area contributed by atoms with Gasteiger partial charge in [0.25, 0.3) is 0 Å². The van der Waals surface area contributed by atoms with Crippen LogP contribution in [0, 0.1) is 0 Å². The number of hydrogen-bond acceptors (Lipinski definition) is 3. The summed E-state index contributed by atoms with van der Waals surface area (Å²) in [5.41, 5.74) is 1.22. The SMILES string of the molecule is CC/C=C(\OCc1ccccc1)N1CCN(C)CC1C. The molecule has 1 aliphatic rings. The number of allylic oxidation sites excluding steroid dienone is 1. The van der Waals surface area contributed by atoms with E-state index in [1.165, 1.54) is 5.56 Å². The number of benzene rings is 1. The summed E-state index contributed by atoms with van der Waals surface area (Å²) in [6.07, 6.45) is 3.20. The van der Waals surface area contributed by atoms with E-state index in [9.17, 15) is 0 Å². The molecule has 3 nitrogen and oxygen atoms in total. The van der Waals surface area contributed by atoms with Crippen molar-refractivity contribution in [2.24, 2.45) is 0 Å². The molecular weight excluding hydrogens is 248 g/mol. The first-order chi connectivity index (χ1) is 9.70. The number of hydrogen-bond donors (Lipinski definition) is 0. The Labute approximate surface area is 122 Å². The zero-order valence-electron chi connectivity index (χ0n) is 12.9. The molecule has 0 spiro atoms. The second kappa shape index (κ2) is 7.34. The fourth-order valence-electron chi connectivity index (χ4n) is 2.63. The van der Waals surface area contributed by atoms with Crippen molar-refractivity contribution in [2.45, 2.75) is 32.9 Å². The molecule has 1 heterocycles. The first-order valence-corrected chi connectivity index (χ1v) is 7.52. The van der Waals surface area contributed by atoms with Crippen molar-refractivity contribution in [1.29, 1.82) is 0 Å². The molecule has 20 heavy (non-hydrogen) atoms. The standard InChI is InChI=1S/C17H26N2O/c1-4-8-17(19-12-11-18(3)13-15(19)2)20-14-16-9-6-5-7-10-16/h5-10,15H,4,11-14H2,1-3H3/b17-8-. The molecule has 1 atom stereocenters. The topological polar surface area (TPSA) is 15.7 Å². The fourth-order valence-corrected chi connectivity index (χ4v) is 2.63. The van der Waals surface area contributed by atoms with Gasteiger partial charge in [0.1, 0.15) is 6.61 Å². The predicted octanol–water partition coefficient (Wildman–Crippen LogP) is 3.09. The van der Waals surface area contributed by atoms with E-state index in [2.05, 4.69) is 61.0 Å². The fraction of sp³-hybridized carbons (Fsp3) is 0.529. The van der Waals surface area contributed by atoms with Crippen molar-refractivity contribution in [3.63, 3.8) is 0 Å². The van der Waals surface area contributed by atoms with E-state index < -0.39 is 0 Å². The lowest BCUT2D eigenvalue weighted by Crippen LogP contribution is -2.50. The van der Waals surface area contributed by atoms with Gasteiger partial charge in [0.2, 0.25) is 0 Å². The van der Waals surface area contributed by atoms with Crippen molar-refractivity contribution in [3.05, 3.63) is 47.9 Å². The van der Waals surface area contributed by atoms with E-state index in [-0.39, 0.29) is 0 Å². The lowest BCUT2D eigenvalue weighted by Gasteiger charge is -2.40. The van der Waals surface area contributed by atoms with Gasteiger partial charge >= 0.3 is 0 Å². The number of piperazine rings is 1. The summed E-state index contributed by atoms with van der Waals surface area (Å²) in [7, 11) is 2.18. The summed E-state index contributed by atoms with van der Waals surface area (Å²) in [5, 5.41) is 0. The Hall–Kier alpha value is -1.48. The molecule has 0 radical (unpaired) electrons. The molecule has 0 amide bonds. The molecule has 0 aromatic heterocycles. The lowest BCUT2D eigenvalue weighted by atomic mass is 10.2. The van der Waals surface area contributed by atoms with Crippen molar-refractivity contribution in [3.8, 4) is 0 Å². The highest BCUT2D eigenvalue weighted by Crippen LogP contribution is 2.18. The Morgan fingerprint density at radius 3 is 2.70 bits per heavy atom. The Morgan fingerprint density at radius 1 is 1.30 bits per heavy atom.